The second-order valence-electron chi connectivity index (χ2n) is 5.00. The summed E-state index contributed by atoms with van der Waals surface area (Å²) in [5, 5.41) is 3.17. The molecule has 1 heterocycles. The van der Waals surface area contributed by atoms with Crippen molar-refractivity contribution in [3.8, 4) is 0 Å². The van der Waals surface area contributed by atoms with Gasteiger partial charge in [-0.2, -0.15) is 0 Å². The Hall–Kier alpha value is -0.130. The van der Waals surface area contributed by atoms with E-state index in [1.165, 1.54) is 0 Å². The van der Waals surface area contributed by atoms with Gasteiger partial charge in [0.1, 0.15) is 0 Å². The lowest BCUT2D eigenvalue weighted by Gasteiger charge is -2.33. The van der Waals surface area contributed by atoms with Gasteiger partial charge in [-0.1, -0.05) is 6.92 Å². The van der Waals surface area contributed by atoms with Gasteiger partial charge in [-0.3, -0.25) is 4.90 Å². The van der Waals surface area contributed by atoms with Crippen molar-refractivity contribution in [2.45, 2.75) is 32.4 Å². The van der Waals surface area contributed by atoms with Crippen molar-refractivity contribution in [3.63, 3.8) is 0 Å². The molecule has 0 bridgehead atoms. The number of rotatable bonds is 5. The molecule has 0 aromatic carbocycles. The van der Waals surface area contributed by atoms with Gasteiger partial charge in [0.05, 0.1) is 11.5 Å². The third-order valence-corrected chi connectivity index (χ3v) is 5.53. The van der Waals surface area contributed by atoms with E-state index < -0.39 is 9.84 Å². The predicted molar refractivity (Wildman–Crippen MR) is 67.4 cm³/mol. The topological polar surface area (TPSA) is 49.4 Å². The second kappa shape index (κ2) is 5.47. The first-order valence-corrected chi connectivity index (χ1v) is 7.76. The van der Waals surface area contributed by atoms with E-state index in [1.807, 2.05) is 14.1 Å². The van der Waals surface area contributed by atoms with Crippen LogP contribution >= 0.6 is 0 Å². The van der Waals surface area contributed by atoms with E-state index in [0.29, 0.717) is 23.5 Å². The quantitative estimate of drug-likeness (QED) is 0.763. The molecule has 3 atom stereocenters. The molecule has 16 heavy (non-hydrogen) atoms. The monoisotopic (exact) mass is 248 g/mol. The SMILES string of the molecule is CNCC(C)C(C)N(C)C1CCS(=O)(=O)C1. The fourth-order valence-electron chi connectivity index (χ4n) is 2.32. The summed E-state index contributed by atoms with van der Waals surface area (Å²) in [5.74, 6) is 1.22. The average molecular weight is 248 g/mol. The number of nitrogens with zero attached hydrogens (tertiary/aromatic N) is 1. The number of hydrogen-bond acceptors (Lipinski definition) is 4. The van der Waals surface area contributed by atoms with E-state index in [9.17, 15) is 8.42 Å². The standard InChI is InChI=1S/C11H24N2O2S/c1-9(7-12-3)10(2)13(4)11-5-6-16(14,15)8-11/h9-12H,5-8H2,1-4H3. The molecule has 0 radical (unpaired) electrons. The van der Waals surface area contributed by atoms with Crippen LogP contribution in [0.1, 0.15) is 20.3 Å². The van der Waals surface area contributed by atoms with Gasteiger partial charge >= 0.3 is 0 Å². The van der Waals surface area contributed by atoms with Crippen LogP contribution < -0.4 is 5.32 Å². The lowest BCUT2D eigenvalue weighted by molar-refractivity contribution is 0.153. The van der Waals surface area contributed by atoms with Gasteiger partial charge < -0.3 is 5.32 Å². The number of sulfone groups is 1. The largest absolute Gasteiger partial charge is 0.319 e. The van der Waals surface area contributed by atoms with Crippen LogP contribution in [-0.4, -0.2) is 57.5 Å². The second-order valence-corrected chi connectivity index (χ2v) is 7.23. The van der Waals surface area contributed by atoms with Gasteiger partial charge in [-0.05, 0) is 39.9 Å². The maximum atomic E-state index is 11.4. The van der Waals surface area contributed by atoms with Gasteiger partial charge in [0.25, 0.3) is 0 Å². The van der Waals surface area contributed by atoms with Crippen molar-refractivity contribution in [2.75, 3.05) is 32.1 Å². The van der Waals surface area contributed by atoms with Crippen molar-refractivity contribution in [1.82, 2.24) is 10.2 Å². The Bertz CT molecular complexity index is 316. The Balaban J connectivity index is 2.54. The summed E-state index contributed by atoms with van der Waals surface area (Å²) >= 11 is 0. The van der Waals surface area contributed by atoms with Crippen molar-refractivity contribution < 1.29 is 8.42 Å². The molecule has 0 aromatic rings. The first-order chi connectivity index (χ1) is 7.37. The lowest BCUT2D eigenvalue weighted by atomic mass is 10.0. The van der Waals surface area contributed by atoms with Crippen LogP contribution in [-0.2, 0) is 9.84 Å². The van der Waals surface area contributed by atoms with Crippen LogP contribution in [0.2, 0.25) is 0 Å². The summed E-state index contributed by atoms with van der Waals surface area (Å²) in [4.78, 5) is 2.23. The van der Waals surface area contributed by atoms with Crippen molar-refractivity contribution in [1.29, 1.82) is 0 Å². The molecule has 1 N–H and O–H groups in total. The maximum Gasteiger partial charge on any atom is 0.151 e. The third kappa shape index (κ3) is 3.43. The maximum absolute atomic E-state index is 11.4. The zero-order chi connectivity index (χ0) is 12.3. The van der Waals surface area contributed by atoms with Crippen LogP contribution in [0.25, 0.3) is 0 Å². The van der Waals surface area contributed by atoms with E-state index in [1.54, 1.807) is 0 Å². The highest BCUT2D eigenvalue weighted by atomic mass is 32.2. The van der Waals surface area contributed by atoms with Crippen molar-refractivity contribution in [3.05, 3.63) is 0 Å². The van der Waals surface area contributed by atoms with Crippen LogP contribution in [0.4, 0.5) is 0 Å². The van der Waals surface area contributed by atoms with E-state index in [0.717, 1.165) is 13.0 Å². The minimum absolute atomic E-state index is 0.208. The first kappa shape index (κ1) is 13.9. The summed E-state index contributed by atoms with van der Waals surface area (Å²) in [6.45, 7) is 5.33. The Kier molecular flexibility index (Phi) is 4.76. The molecule has 4 nitrogen and oxygen atoms in total. The molecular formula is C11H24N2O2S. The van der Waals surface area contributed by atoms with E-state index >= 15 is 0 Å². The molecule has 1 aliphatic rings. The average Bonchev–Trinajstić information content (AvgIpc) is 2.57. The highest BCUT2D eigenvalue weighted by Crippen LogP contribution is 2.20. The summed E-state index contributed by atoms with van der Waals surface area (Å²) < 4.78 is 22.8. The molecule has 5 heteroatoms. The van der Waals surface area contributed by atoms with Crippen LogP contribution in [0, 0.1) is 5.92 Å². The molecule has 0 aromatic heterocycles. The summed E-state index contributed by atoms with van der Waals surface area (Å²) in [6, 6.07) is 0.616. The zero-order valence-electron chi connectivity index (χ0n) is 10.7. The van der Waals surface area contributed by atoms with Crippen molar-refractivity contribution >= 4 is 9.84 Å². The minimum atomic E-state index is -2.77. The molecule has 1 aliphatic heterocycles. The van der Waals surface area contributed by atoms with Gasteiger partial charge in [-0.25, -0.2) is 8.42 Å². The molecule has 0 spiro atoms. The molecular weight excluding hydrogens is 224 g/mol. The van der Waals surface area contributed by atoms with Crippen LogP contribution in [0.3, 0.4) is 0 Å². The van der Waals surface area contributed by atoms with E-state index in [-0.39, 0.29) is 6.04 Å². The van der Waals surface area contributed by atoms with Crippen molar-refractivity contribution in [2.24, 2.45) is 5.92 Å². The predicted octanol–water partition coefficient (Wildman–Crippen LogP) is 0.349. The van der Waals surface area contributed by atoms with Crippen LogP contribution in [0.15, 0.2) is 0 Å². The summed E-state index contributed by atoms with van der Waals surface area (Å²) in [7, 11) is 1.22. The van der Waals surface area contributed by atoms with Gasteiger partial charge in [0.2, 0.25) is 0 Å². The van der Waals surface area contributed by atoms with E-state index in [2.05, 4.69) is 24.1 Å². The summed E-state index contributed by atoms with van der Waals surface area (Å²) in [5.41, 5.74) is 0. The molecule has 96 valence electrons. The zero-order valence-corrected chi connectivity index (χ0v) is 11.5. The first-order valence-electron chi connectivity index (χ1n) is 5.94. The Morgan fingerprint density at radius 2 is 2.06 bits per heavy atom. The molecule has 1 saturated heterocycles. The van der Waals surface area contributed by atoms with Crippen LogP contribution in [0.5, 0.6) is 0 Å². The normalized spacial score (nSPS) is 28.2. The Morgan fingerprint density at radius 1 is 1.44 bits per heavy atom. The molecule has 0 saturated carbocycles. The van der Waals surface area contributed by atoms with E-state index in [4.69, 9.17) is 0 Å². The van der Waals surface area contributed by atoms with Gasteiger partial charge in [0, 0.05) is 12.1 Å². The summed E-state index contributed by atoms with van der Waals surface area (Å²) in [6.07, 6.45) is 0.787. The highest BCUT2D eigenvalue weighted by Gasteiger charge is 2.33. The Morgan fingerprint density at radius 3 is 2.50 bits per heavy atom. The third-order valence-electron chi connectivity index (χ3n) is 3.78. The minimum Gasteiger partial charge on any atom is -0.319 e. The van der Waals surface area contributed by atoms with Gasteiger partial charge in [0.15, 0.2) is 9.84 Å². The molecule has 0 aliphatic carbocycles. The number of hydrogen-bond donors (Lipinski definition) is 1. The smallest absolute Gasteiger partial charge is 0.151 e. The molecule has 1 fully saturated rings. The van der Waals surface area contributed by atoms with Gasteiger partial charge in [-0.15, -0.1) is 0 Å². The molecule has 3 unspecified atom stereocenters. The Labute approximate surface area is 99.3 Å². The molecule has 0 amide bonds. The fourth-order valence-corrected chi connectivity index (χ4v) is 4.11. The fraction of sp³-hybridized carbons (Fsp3) is 1.00. The number of nitrogens with one attached hydrogen (secondary N) is 1. The lowest BCUT2D eigenvalue weighted by Crippen LogP contribution is -2.44. The highest BCUT2D eigenvalue weighted by molar-refractivity contribution is 7.91. The molecule has 1 rings (SSSR count).